The highest BCUT2D eigenvalue weighted by Gasteiger charge is 2.19. The maximum absolute atomic E-state index is 3.52. The van der Waals surface area contributed by atoms with Gasteiger partial charge in [0, 0.05) is 20.9 Å². The highest BCUT2D eigenvalue weighted by Crippen LogP contribution is 2.29. The summed E-state index contributed by atoms with van der Waals surface area (Å²) in [6.07, 6.45) is 0. The summed E-state index contributed by atoms with van der Waals surface area (Å²) in [5, 5.41) is 3.21. The highest BCUT2D eigenvalue weighted by atomic mass is 79.9. The minimum absolute atomic E-state index is 0.165. The largest absolute Gasteiger partial charge is 0.319 e. The van der Waals surface area contributed by atoms with Crippen molar-refractivity contribution in [2.75, 3.05) is 13.6 Å². The lowest BCUT2D eigenvalue weighted by molar-refractivity contribution is 0.494. The van der Waals surface area contributed by atoms with Gasteiger partial charge in [-0.05, 0) is 56.6 Å². The second-order valence-electron chi connectivity index (χ2n) is 4.04. The zero-order valence-electron chi connectivity index (χ0n) is 8.70. The van der Waals surface area contributed by atoms with Gasteiger partial charge in [-0.1, -0.05) is 19.9 Å². The Morgan fingerprint density at radius 3 is 2.36 bits per heavy atom. The average molecular weight is 321 g/mol. The molecule has 0 aliphatic rings. The van der Waals surface area contributed by atoms with Crippen LogP contribution in [0.5, 0.6) is 0 Å². The Labute approximate surface area is 103 Å². The third-order valence-corrected chi connectivity index (χ3v) is 4.20. The van der Waals surface area contributed by atoms with Gasteiger partial charge in [-0.15, -0.1) is 0 Å². The highest BCUT2D eigenvalue weighted by molar-refractivity contribution is 9.13. The normalized spacial score (nSPS) is 11.8. The van der Waals surface area contributed by atoms with Crippen LogP contribution in [0.3, 0.4) is 0 Å². The Balaban J connectivity index is 3.01. The molecule has 0 unspecified atom stereocenters. The molecule has 0 aromatic heterocycles. The van der Waals surface area contributed by atoms with E-state index in [2.05, 4.69) is 69.2 Å². The van der Waals surface area contributed by atoms with Crippen LogP contribution in [-0.2, 0) is 5.41 Å². The standard InChI is InChI=1S/C11H15Br2N/c1-11(2,7-14-3)8-4-5-9(12)10(13)6-8/h4-6,14H,7H2,1-3H3. The molecule has 0 heterocycles. The lowest BCUT2D eigenvalue weighted by atomic mass is 9.85. The lowest BCUT2D eigenvalue weighted by Gasteiger charge is -2.25. The van der Waals surface area contributed by atoms with E-state index in [9.17, 15) is 0 Å². The Morgan fingerprint density at radius 2 is 1.86 bits per heavy atom. The van der Waals surface area contributed by atoms with E-state index < -0.39 is 0 Å². The van der Waals surface area contributed by atoms with Crippen LogP contribution in [0.4, 0.5) is 0 Å². The van der Waals surface area contributed by atoms with Crippen molar-refractivity contribution >= 4 is 31.9 Å². The number of likely N-dealkylation sites (N-methyl/N-ethyl adjacent to an activating group) is 1. The summed E-state index contributed by atoms with van der Waals surface area (Å²) in [4.78, 5) is 0. The smallest absolute Gasteiger partial charge is 0.0320 e. The van der Waals surface area contributed by atoms with Crippen LogP contribution in [0.25, 0.3) is 0 Å². The van der Waals surface area contributed by atoms with Gasteiger partial charge in [0.15, 0.2) is 0 Å². The summed E-state index contributed by atoms with van der Waals surface area (Å²) in [5.41, 5.74) is 1.50. The summed E-state index contributed by atoms with van der Waals surface area (Å²) >= 11 is 6.99. The molecule has 3 heteroatoms. The second kappa shape index (κ2) is 4.77. The van der Waals surface area contributed by atoms with E-state index >= 15 is 0 Å². The summed E-state index contributed by atoms with van der Waals surface area (Å²) in [6.45, 7) is 5.44. The molecule has 0 radical (unpaired) electrons. The third-order valence-electron chi connectivity index (χ3n) is 2.32. The third kappa shape index (κ3) is 2.81. The predicted octanol–water partition coefficient (Wildman–Crippen LogP) is 3.71. The van der Waals surface area contributed by atoms with E-state index in [0.717, 1.165) is 15.5 Å². The van der Waals surface area contributed by atoms with Crippen LogP contribution in [-0.4, -0.2) is 13.6 Å². The quantitative estimate of drug-likeness (QED) is 0.895. The summed E-state index contributed by atoms with van der Waals surface area (Å²) < 4.78 is 2.21. The number of hydrogen-bond donors (Lipinski definition) is 1. The molecule has 0 saturated heterocycles. The molecule has 0 saturated carbocycles. The fourth-order valence-electron chi connectivity index (χ4n) is 1.46. The first-order valence-corrected chi connectivity index (χ1v) is 6.16. The SMILES string of the molecule is CNCC(C)(C)c1ccc(Br)c(Br)c1. The van der Waals surface area contributed by atoms with Gasteiger partial charge in [-0.2, -0.15) is 0 Å². The van der Waals surface area contributed by atoms with Gasteiger partial charge in [0.1, 0.15) is 0 Å². The molecule has 1 aromatic rings. The molecule has 0 aliphatic carbocycles. The van der Waals surface area contributed by atoms with Gasteiger partial charge in [0.2, 0.25) is 0 Å². The zero-order chi connectivity index (χ0) is 10.8. The van der Waals surface area contributed by atoms with Gasteiger partial charge in [0.25, 0.3) is 0 Å². The number of hydrogen-bond acceptors (Lipinski definition) is 1. The molecule has 1 nitrogen and oxygen atoms in total. The first-order chi connectivity index (χ1) is 6.47. The van der Waals surface area contributed by atoms with Crippen molar-refractivity contribution in [3.63, 3.8) is 0 Å². The molecule has 1 N–H and O–H groups in total. The van der Waals surface area contributed by atoms with E-state index in [4.69, 9.17) is 0 Å². The van der Waals surface area contributed by atoms with Crippen molar-refractivity contribution in [1.82, 2.24) is 5.32 Å². The maximum Gasteiger partial charge on any atom is 0.0320 e. The minimum Gasteiger partial charge on any atom is -0.319 e. The van der Waals surface area contributed by atoms with Gasteiger partial charge in [0.05, 0.1) is 0 Å². The Kier molecular flexibility index (Phi) is 4.16. The number of nitrogens with one attached hydrogen (secondary N) is 1. The van der Waals surface area contributed by atoms with Crippen molar-refractivity contribution in [3.8, 4) is 0 Å². The van der Waals surface area contributed by atoms with Crippen LogP contribution in [0.2, 0.25) is 0 Å². The monoisotopic (exact) mass is 319 g/mol. The Morgan fingerprint density at radius 1 is 1.21 bits per heavy atom. The molecular weight excluding hydrogens is 306 g/mol. The van der Waals surface area contributed by atoms with Crippen LogP contribution >= 0.6 is 31.9 Å². The Hall–Kier alpha value is 0.140. The summed E-state index contributed by atoms with van der Waals surface area (Å²) in [5.74, 6) is 0. The van der Waals surface area contributed by atoms with Crippen LogP contribution in [0.1, 0.15) is 19.4 Å². The van der Waals surface area contributed by atoms with E-state index in [1.54, 1.807) is 0 Å². The maximum atomic E-state index is 3.52. The van der Waals surface area contributed by atoms with Gasteiger partial charge >= 0.3 is 0 Å². The minimum atomic E-state index is 0.165. The predicted molar refractivity (Wildman–Crippen MR) is 68.8 cm³/mol. The molecule has 0 amide bonds. The Bertz CT molecular complexity index is 321. The van der Waals surface area contributed by atoms with E-state index in [-0.39, 0.29) is 5.41 Å². The van der Waals surface area contributed by atoms with Gasteiger partial charge in [-0.3, -0.25) is 0 Å². The van der Waals surface area contributed by atoms with Crippen molar-refractivity contribution in [2.24, 2.45) is 0 Å². The molecule has 0 aliphatic heterocycles. The molecular formula is C11H15Br2N. The zero-order valence-corrected chi connectivity index (χ0v) is 11.9. The molecule has 0 atom stereocenters. The first kappa shape index (κ1) is 12.2. The van der Waals surface area contributed by atoms with E-state index in [1.165, 1.54) is 5.56 Å². The number of rotatable bonds is 3. The molecule has 1 rings (SSSR count). The molecule has 1 aromatic carbocycles. The topological polar surface area (TPSA) is 12.0 Å². The molecule has 78 valence electrons. The second-order valence-corrected chi connectivity index (χ2v) is 5.75. The molecule has 14 heavy (non-hydrogen) atoms. The van der Waals surface area contributed by atoms with Crippen molar-refractivity contribution in [3.05, 3.63) is 32.7 Å². The number of halogens is 2. The fourth-order valence-corrected chi connectivity index (χ4v) is 2.09. The van der Waals surface area contributed by atoms with Crippen LogP contribution in [0, 0.1) is 0 Å². The average Bonchev–Trinajstić information content (AvgIpc) is 2.09. The van der Waals surface area contributed by atoms with Crippen molar-refractivity contribution in [2.45, 2.75) is 19.3 Å². The first-order valence-electron chi connectivity index (χ1n) is 4.57. The summed E-state index contributed by atoms with van der Waals surface area (Å²) in [7, 11) is 1.98. The van der Waals surface area contributed by atoms with E-state index in [1.807, 2.05) is 7.05 Å². The van der Waals surface area contributed by atoms with Crippen LogP contribution in [0.15, 0.2) is 27.1 Å². The molecule has 0 spiro atoms. The number of benzene rings is 1. The molecule has 0 fully saturated rings. The molecule has 0 bridgehead atoms. The van der Waals surface area contributed by atoms with E-state index in [0.29, 0.717) is 0 Å². The van der Waals surface area contributed by atoms with Gasteiger partial charge < -0.3 is 5.32 Å². The fraction of sp³-hybridized carbons (Fsp3) is 0.455. The lowest BCUT2D eigenvalue weighted by Crippen LogP contribution is -2.30. The van der Waals surface area contributed by atoms with Crippen LogP contribution < -0.4 is 5.32 Å². The van der Waals surface area contributed by atoms with Crippen molar-refractivity contribution in [1.29, 1.82) is 0 Å². The summed E-state index contributed by atoms with van der Waals surface area (Å²) in [6, 6.07) is 6.41. The van der Waals surface area contributed by atoms with Crippen molar-refractivity contribution < 1.29 is 0 Å². The van der Waals surface area contributed by atoms with Gasteiger partial charge in [-0.25, -0.2) is 0 Å².